The summed E-state index contributed by atoms with van der Waals surface area (Å²) in [5, 5.41) is 16.2. The van der Waals surface area contributed by atoms with E-state index in [1.165, 1.54) is 10.8 Å². The molecular weight excluding hydrogens is 262 g/mol. The molecule has 0 aromatic heterocycles. The van der Waals surface area contributed by atoms with Gasteiger partial charge in [0, 0.05) is 19.7 Å². The van der Waals surface area contributed by atoms with Gasteiger partial charge in [-0.2, -0.15) is 0 Å². The summed E-state index contributed by atoms with van der Waals surface area (Å²) in [5.41, 5.74) is 0.975. The van der Waals surface area contributed by atoms with Gasteiger partial charge in [0.2, 0.25) is 0 Å². The van der Waals surface area contributed by atoms with Gasteiger partial charge in [0.1, 0.15) is 0 Å². The van der Waals surface area contributed by atoms with Gasteiger partial charge in [-0.1, -0.05) is 36.4 Å². The second-order valence-corrected chi connectivity index (χ2v) is 5.90. The van der Waals surface area contributed by atoms with Gasteiger partial charge in [-0.15, -0.1) is 0 Å². The molecule has 3 nitrogen and oxygen atoms in total. The third-order valence-corrected chi connectivity index (χ3v) is 4.48. The summed E-state index contributed by atoms with van der Waals surface area (Å²) in [6.45, 7) is 0.597. The Morgan fingerprint density at radius 2 is 2.00 bits per heavy atom. The summed E-state index contributed by atoms with van der Waals surface area (Å²) in [7, 11) is 1.77. The minimum atomic E-state index is -0.462. The smallest absolute Gasteiger partial charge is 0.0914 e. The minimum absolute atomic E-state index is 0.375. The number of methoxy groups -OCH3 is 1. The lowest BCUT2D eigenvalue weighted by molar-refractivity contribution is 0.105. The van der Waals surface area contributed by atoms with E-state index in [4.69, 9.17) is 4.74 Å². The van der Waals surface area contributed by atoms with Gasteiger partial charge in [0.05, 0.1) is 12.2 Å². The Bertz CT molecular complexity index is 599. The summed E-state index contributed by atoms with van der Waals surface area (Å²) in [6.07, 6.45) is 3.20. The maximum absolute atomic E-state index is 10.4. The average molecular weight is 285 g/mol. The average Bonchev–Trinajstić information content (AvgIpc) is 3.00. The second-order valence-electron chi connectivity index (χ2n) is 5.90. The fourth-order valence-corrected chi connectivity index (χ4v) is 3.15. The SMILES string of the molecule is COC1CCC(NCC(O)c2ccc3ccccc3c2)C1. The van der Waals surface area contributed by atoms with Crippen molar-refractivity contribution in [2.24, 2.45) is 0 Å². The molecule has 2 N–H and O–H groups in total. The molecule has 3 heteroatoms. The van der Waals surface area contributed by atoms with Crippen LogP contribution in [0.5, 0.6) is 0 Å². The Kier molecular flexibility index (Phi) is 4.54. The third kappa shape index (κ3) is 3.43. The molecule has 1 aliphatic carbocycles. The van der Waals surface area contributed by atoms with E-state index < -0.39 is 6.10 Å². The van der Waals surface area contributed by atoms with E-state index in [0.717, 1.165) is 24.8 Å². The summed E-state index contributed by atoms with van der Waals surface area (Å²) < 4.78 is 5.38. The van der Waals surface area contributed by atoms with Crippen LogP contribution in [0.25, 0.3) is 10.8 Å². The molecule has 2 aromatic carbocycles. The molecule has 3 atom stereocenters. The predicted octanol–water partition coefficient (Wildman–Crippen LogP) is 3.03. The van der Waals surface area contributed by atoms with E-state index in [2.05, 4.69) is 29.6 Å². The molecule has 1 saturated carbocycles. The van der Waals surface area contributed by atoms with Gasteiger partial charge in [-0.05, 0) is 41.7 Å². The van der Waals surface area contributed by atoms with Gasteiger partial charge < -0.3 is 15.2 Å². The fraction of sp³-hybridized carbons (Fsp3) is 0.444. The van der Waals surface area contributed by atoms with Crippen molar-refractivity contribution in [3.8, 4) is 0 Å². The molecule has 0 heterocycles. The Morgan fingerprint density at radius 1 is 1.19 bits per heavy atom. The van der Waals surface area contributed by atoms with Crippen LogP contribution in [-0.4, -0.2) is 30.9 Å². The first kappa shape index (κ1) is 14.5. The summed E-state index contributed by atoms with van der Waals surface area (Å²) in [4.78, 5) is 0. The zero-order chi connectivity index (χ0) is 14.7. The lowest BCUT2D eigenvalue weighted by Gasteiger charge is -2.17. The highest BCUT2D eigenvalue weighted by molar-refractivity contribution is 5.83. The molecule has 0 amide bonds. The van der Waals surface area contributed by atoms with Crippen molar-refractivity contribution in [2.45, 2.75) is 37.5 Å². The quantitative estimate of drug-likeness (QED) is 0.887. The molecular formula is C18H23NO2. The van der Waals surface area contributed by atoms with Crippen molar-refractivity contribution in [1.82, 2.24) is 5.32 Å². The van der Waals surface area contributed by atoms with Gasteiger partial charge in [-0.3, -0.25) is 0 Å². The van der Waals surface area contributed by atoms with Gasteiger partial charge in [0.25, 0.3) is 0 Å². The number of fused-ring (bicyclic) bond motifs is 1. The third-order valence-electron chi connectivity index (χ3n) is 4.48. The Labute approximate surface area is 125 Å². The molecule has 0 aliphatic heterocycles. The lowest BCUT2D eigenvalue weighted by Crippen LogP contribution is -2.31. The van der Waals surface area contributed by atoms with Gasteiger partial charge in [-0.25, -0.2) is 0 Å². The van der Waals surface area contributed by atoms with Gasteiger partial charge >= 0.3 is 0 Å². The first-order valence-corrected chi connectivity index (χ1v) is 7.69. The zero-order valence-corrected chi connectivity index (χ0v) is 12.5. The van der Waals surface area contributed by atoms with E-state index in [1.54, 1.807) is 7.11 Å². The predicted molar refractivity (Wildman–Crippen MR) is 85.3 cm³/mol. The van der Waals surface area contributed by atoms with Crippen LogP contribution in [0, 0.1) is 0 Å². The van der Waals surface area contributed by atoms with Crippen LogP contribution in [0.1, 0.15) is 30.9 Å². The topological polar surface area (TPSA) is 41.5 Å². The van der Waals surface area contributed by atoms with E-state index >= 15 is 0 Å². The number of nitrogens with one attached hydrogen (secondary N) is 1. The van der Waals surface area contributed by atoms with Crippen molar-refractivity contribution < 1.29 is 9.84 Å². The molecule has 1 fully saturated rings. The van der Waals surface area contributed by atoms with E-state index in [9.17, 15) is 5.11 Å². The molecule has 2 aromatic rings. The molecule has 112 valence electrons. The van der Waals surface area contributed by atoms with Crippen molar-refractivity contribution >= 4 is 10.8 Å². The van der Waals surface area contributed by atoms with Gasteiger partial charge in [0.15, 0.2) is 0 Å². The number of rotatable bonds is 5. The number of aliphatic hydroxyl groups is 1. The number of aliphatic hydroxyl groups excluding tert-OH is 1. The number of ether oxygens (including phenoxy) is 1. The van der Waals surface area contributed by atoms with Crippen molar-refractivity contribution in [3.05, 3.63) is 48.0 Å². The van der Waals surface area contributed by atoms with Crippen LogP contribution in [0.4, 0.5) is 0 Å². The zero-order valence-electron chi connectivity index (χ0n) is 12.5. The van der Waals surface area contributed by atoms with Crippen molar-refractivity contribution in [2.75, 3.05) is 13.7 Å². The Hall–Kier alpha value is -1.42. The maximum atomic E-state index is 10.4. The van der Waals surface area contributed by atoms with Crippen LogP contribution >= 0.6 is 0 Å². The summed E-state index contributed by atoms with van der Waals surface area (Å²) >= 11 is 0. The highest BCUT2D eigenvalue weighted by Crippen LogP contribution is 2.23. The number of hydrogen-bond donors (Lipinski definition) is 2. The Balaban J connectivity index is 1.60. The molecule has 3 unspecified atom stereocenters. The Morgan fingerprint density at radius 3 is 2.76 bits per heavy atom. The normalized spacial score (nSPS) is 23.5. The lowest BCUT2D eigenvalue weighted by atomic mass is 10.0. The monoisotopic (exact) mass is 285 g/mol. The van der Waals surface area contributed by atoms with Crippen molar-refractivity contribution in [1.29, 1.82) is 0 Å². The minimum Gasteiger partial charge on any atom is -0.387 e. The molecule has 21 heavy (non-hydrogen) atoms. The standard InChI is InChI=1S/C18H23NO2/c1-21-17-9-8-16(11-17)19-12-18(20)15-7-6-13-4-2-3-5-14(13)10-15/h2-7,10,16-20H,8-9,11-12H2,1H3. The number of benzene rings is 2. The van der Waals surface area contributed by atoms with Crippen LogP contribution in [0.3, 0.4) is 0 Å². The van der Waals surface area contributed by atoms with E-state index in [1.807, 2.05) is 18.2 Å². The largest absolute Gasteiger partial charge is 0.387 e. The maximum Gasteiger partial charge on any atom is 0.0914 e. The molecule has 0 bridgehead atoms. The van der Waals surface area contributed by atoms with Crippen LogP contribution in [-0.2, 0) is 4.74 Å². The molecule has 0 radical (unpaired) electrons. The summed E-state index contributed by atoms with van der Waals surface area (Å²) in [5.74, 6) is 0. The highest BCUT2D eigenvalue weighted by atomic mass is 16.5. The molecule has 1 aliphatic rings. The van der Waals surface area contributed by atoms with Crippen LogP contribution in [0.2, 0.25) is 0 Å². The van der Waals surface area contributed by atoms with Crippen LogP contribution < -0.4 is 5.32 Å². The fourth-order valence-electron chi connectivity index (χ4n) is 3.15. The van der Waals surface area contributed by atoms with Crippen molar-refractivity contribution in [3.63, 3.8) is 0 Å². The first-order valence-electron chi connectivity index (χ1n) is 7.69. The molecule has 0 saturated heterocycles. The highest BCUT2D eigenvalue weighted by Gasteiger charge is 2.24. The first-order chi connectivity index (χ1) is 10.3. The number of hydrogen-bond acceptors (Lipinski definition) is 3. The van der Waals surface area contributed by atoms with E-state index in [-0.39, 0.29) is 0 Å². The van der Waals surface area contributed by atoms with Crippen LogP contribution in [0.15, 0.2) is 42.5 Å². The molecule has 0 spiro atoms. The van der Waals surface area contributed by atoms with E-state index in [0.29, 0.717) is 18.7 Å². The molecule has 3 rings (SSSR count). The summed E-state index contributed by atoms with van der Waals surface area (Å²) in [6, 6.07) is 14.9. The second kappa shape index (κ2) is 6.56.